The molecule has 4 heteroatoms. The van der Waals surface area contributed by atoms with Crippen LogP contribution in [-0.4, -0.2) is 48.3 Å². The molecule has 0 aromatic carbocycles. The lowest BCUT2D eigenvalue weighted by molar-refractivity contribution is -0.142. The first-order valence-electron chi connectivity index (χ1n) is 7.31. The van der Waals surface area contributed by atoms with E-state index >= 15 is 0 Å². The topological polar surface area (TPSA) is 49.8 Å². The molecule has 1 aliphatic heterocycles. The summed E-state index contributed by atoms with van der Waals surface area (Å²) < 4.78 is 5.41. The molecule has 3 aliphatic carbocycles. The summed E-state index contributed by atoms with van der Waals surface area (Å²) in [5.41, 5.74) is 0. The highest BCUT2D eigenvalue weighted by atomic mass is 16.5. The van der Waals surface area contributed by atoms with Crippen LogP contribution in [0.3, 0.4) is 0 Å². The summed E-state index contributed by atoms with van der Waals surface area (Å²) in [6, 6.07) is 0. The Balaban J connectivity index is 1.42. The number of hydrogen-bond acceptors (Lipinski definition) is 3. The molecular weight excluding hydrogens is 230 g/mol. The Hall–Kier alpha value is -0.610. The van der Waals surface area contributed by atoms with Crippen molar-refractivity contribution in [1.29, 1.82) is 0 Å². The number of aliphatic hydroxyl groups excluding tert-OH is 1. The smallest absolute Gasteiger partial charge is 0.226 e. The fourth-order valence-electron chi connectivity index (χ4n) is 4.90. The van der Waals surface area contributed by atoms with Gasteiger partial charge in [0.25, 0.3) is 0 Å². The van der Waals surface area contributed by atoms with Gasteiger partial charge < -0.3 is 14.7 Å². The zero-order chi connectivity index (χ0) is 12.3. The van der Waals surface area contributed by atoms with Gasteiger partial charge in [-0.15, -0.1) is 0 Å². The minimum atomic E-state index is -0.169. The molecule has 0 aromatic rings. The van der Waals surface area contributed by atoms with Crippen molar-refractivity contribution in [2.24, 2.45) is 29.6 Å². The minimum absolute atomic E-state index is 0.0204. The second-order valence-electron chi connectivity index (χ2n) is 6.47. The van der Waals surface area contributed by atoms with E-state index in [0.29, 0.717) is 43.4 Å². The molecule has 5 atom stereocenters. The molecule has 1 amide bonds. The summed E-state index contributed by atoms with van der Waals surface area (Å²) in [5, 5.41) is 9.14. The maximum atomic E-state index is 12.5. The molecule has 5 unspecified atom stereocenters. The summed E-state index contributed by atoms with van der Waals surface area (Å²) in [5.74, 6) is 3.81. The number of rotatable bonds is 2. The van der Waals surface area contributed by atoms with Crippen molar-refractivity contribution < 1.29 is 14.6 Å². The van der Waals surface area contributed by atoms with Gasteiger partial charge in [0.1, 0.15) is 0 Å². The van der Waals surface area contributed by atoms with E-state index in [0.717, 1.165) is 11.8 Å². The number of morpholine rings is 1. The van der Waals surface area contributed by atoms with Gasteiger partial charge in [-0.05, 0) is 42.9 Å². The van der Waals surface area contributed by atoms with Crippen LogP contribution in [-0.2, 0) is 9.53 Å². The Morgan fingerprint density at radius 3 is 2.67 bits per heavy atom. The molecule has 4 nitrogen and oxygen atoms in total. The molecule has 0 aromatic heterocycles. The molecule has 18 heavy (non-hydrogen) atoms. The van der Waals surface area contributed by atoms with E-state index < -0.39 is 0 Å². The van der Waals surface area contributed by atoms with Gasteiger partial charge in [0.05, 0.1) is 19.3 Å². The van der Waals surface area contributed by atoms with Crippen LogP contribution >= 0.6 is 0 Å². The van der Waals surface area contributed by atoms with Gasteiger partial charge in [-0.1, -0.05) is 0 Å². The van der Waals surface area contributed by atoms with Crippen molar-refractivity contribution >= 4 is 5.91 Å². The first-order chi connectivity index (χ1) is 8.79. The zero-order valence-electron chi connectivity index (χ0n) is 10.6. The predicted molar refractivity (Wildman–Crippen MR) is 64.7 cm³/mol. The molecule has 4 fully saturated rings. The Kier molecular flexibility index (Phi) is 2.46. The van der Waals surface area contributed by atoms with Crippen LogP contribution in [0.2, 0.25) is 0 Å². The normalized spacial score (nSPS) is 49.3. The van der Waals surface area contributed by atoms with Crippen molar-refractivity contribution in [3.05, 3.63) is 0 Å². The Labute approximate surface area is 107 Å². The average molecular weight is 251 g/mol. The third-order valence-electron chi connectivity index (χ3n) is 5.67. The zero-order valence-corrected chi connectivity index (χ0v) is 10.6. The molecule has 3 saturated carbocycles. The minimum Gasteiger partial charge on any atom is -0.394 e. The highest BCUT2D eigenvalue weighted by Crippen LogP contribution is 2.69. The highest BCUT2D eigenvalue weighted by Gasteiger charge is 2.68. The van der Waals surface area contributed by atoms with E-state index in [2.05, 4.69) is 0 Å². The fraction of sp³-hybridized carbons (Fsp3) is 0.929. The predicted octanol–water partition coefficient (Wildman–Crippen LogP) is 0.498. The third-order valence-corrected chi connectivity index (χ3v) is 5.67. The van der Waals surface area contributed by atoms with Crippen molar-refractivity contribution in [1.82, 2.24) is 4.90 Å². The molecule has 4 rings (SSSR count). The number of carbonyl (C=O) groups is 1. The number of aliphatic hydroxyl groups is 1. The summed E-state index contributed by atoms with van der Waals surface area (Å²) in [7, 11) is 0. The highest BCUT2D eigenvalue weighted by molar-refractivity contribution is 5.83. The van der Waals surface area contributed by atoms with Crippen LogP contribution in [0.4, 0.5) is 0 Å². The molecule has 4 aliphatic rings. The summed E-state index contributed by atoms with van der Waals surface area (Å²) in [6.45, 7) is 1.89. The maximum absolute atomic E-state index is 12.5. The molecule has 1 heterocycles. The van der Waals surface area contributed by atoms with E-state index in [1.165, 1.54) is 19.3 Å². The Morgan fingerprint density at radius 1 is 1.28 bits per heavy atom. The standard InChI is InChI=1S/C14H21NO3/c16-7-10-6-15(3-4-18-10)14(17)13-11-8-1-2-9(5-8)12(11)13/h8-13,16H,1-7H2. The van der Waals surface area contributed by atoms with Gasteiger partial charge >= 0.3 is 0 Å². The number of amides is 1. The Bertz CT molecular complexity index is 356. The molecular formula is C14H21NO3. The van der Waals surface area contributed by atoms with Gasteiger partial charge in [-0.25, -0.2) is 0 Å². The fourth-order valence-corrected chi connectivity index (χ4v) is 4.90. The summed E-state index contributed by atoms with van der Waals surface area (Å²) >= 11 is 0. The molecule has 1 saturated heterocycles. The lowest BCUT2D eigenvalue weighted by Gasteiger charge is -2.32. The maximum Gasteiger partial charge on any atom is 0.226 e. The van der Waals surface area contributed by atoms with Gasteiger partial charge in [-0.2, -0.15) is 0 Å². The quantitative estimate of drug-likeness (QED) is 0.777. The number of nitrogens with zero attached hydrogens (tertiary/aromatic N) is 1. The van der Waals surface area contributed by atoms with E-state index in [-0.39, 0.29) is 12.7 Å². The lowest BCUT2D eigenvalue weighted by atomic mass is 10.0. The van der Waals surface area contributed by atoms with Crippen LogP contribution in [0, 0.1) is 29.6 Å². The van der Waals surface area contributed by atoms with E-state index in [4.69, 9.17) is 9.84 Å². The third kappa shape index (κ3) is 1.48. The first-order valence-corrected chi connectivity index (χ1v) is 7.31. The summed E-state index contributed by atoms with van der Waals surface area (Å²) in [6.07, 6.45) is 3.94. The van der Waals surface area contributed by atoms with Gasteiger partial charge in [0, 0.05) is 19.0 Å². The van der Waals surface area contributed by atoms with Crippen molar-refractivity contribution in [3.63, 3.8) is 0 Å². The van der Waals surface area contributed by atoms with E-state index in [1.54, 1.807) is 0 Å². The van der Waals surface area contributed by atoms with Crippen LogP contribution in [0.15, 0.2) is 0 Å². The average Bonchev–Trinajstić information content (AvgIpc) is 2.85. The summed E-state index contributed by atoms with van der Waals surface area (Å²) in [4.78, 5) is 14.5. The van der Waals surface area contributed by atoms with Crippen LogP contribution in [0.5, 0.6) is 0 Å². The molecule has 2 bridgehead atoms. The van der Waals surface area contributed by atoms with Crippen LogP contribution in [0.25, 0.3) is 0 Å². The van der Waals surface area contributed by atoms with Gasteiger partial charge in [0.2, 0.25) is 5.91 Å². The second-order valence-corrected chi connectivity index (χ2v) is 6.47. The number of carbonyl (C=O) groups excluding carboxylic acids is 1. The SMILES string of the molecule is O=C(C1C2C3CCC(C3)C12)N1CCOC(CO)C1. The van der Waals surface area contributed by atoms with E-state index in [9.17, 15) is 4.79 Å². The van der Waals surface area contributed by atoms with Crippen molar-refractivity contribution in [2.45, 2.75) is 25.4 Å². The number of hydrogen-bond donors (Lipinski definition) is 1. The molecule has 0 spiro atoms. The molecule has 100 valence electrons. The second kappa shape index (κ2) is 3.94. The lowest BCUT2D eigenvalue weighted by Crippen LogP contribution is -2.48. The van der Waals surface area contributed by atoms with Crippen molar-refractivity contribution in [2.75, 3.05) is 26.3 Å². The molecule has 1 N–H and O–H groups in total. The Morgan fingerprint density at radius 2 is 2.00 bits per heavy atom. The first kappa shape index (κ1) is 11.2. The van der Waals surface area contributed by atoms with Crippen LogP contribution in [0.1, 0.15) is 19.3 Å². The number of fused-ring (bicyclic) bond motifs is 5. The van der Waals surface area contributed by atoms with Gasteiger partial charge in [-0.3, -0.25) is 4.79 Å². The number of ether oxygens (including phenoxy) is 1. The van der Waals surface area contributed by atoms with Crippen molar-refractivity contribution in [3.8, 4) is 0 Å². The van der Waals surface area contributed by atoms with E-state index in [1.807, 2.05) is 4.90 Å². The monoisotopic (exact) mass is 251 g/mol. The molecule has 0 radical (unpaired) electrons. The van der Waals surface area contributed by atoms with Crippen LogP contribution < -0.4 is 0 Å². The largest absolute Gasteiger partial charge is 0.394 e. The van der Waals surface area contributed by atoms with Gasteiger partial charge in [0.15, 0.2) is 0 Å².